The number of aliphatic hydroxyl groups is 1. The van der Waals surface area contributed by atoms with Crippen molar-refractivity contribution in [1.82, 2.24) is 30.0 Å². The van der Waals surface area contributed by atoms with Gasteiger partial charge < -0.3 is 25.0 Å². The van der Waals surface area contributed by atoms with Gasteiger partial charge in [-0.25, -0.2) is 4.68 Å². The van der Waals surface area contributed by atoms with Crippen LogP contribution in [0.15, 0.2) is 24.5 Å². The molecule has 1 aromatic carbocycles. The Morgan fingerprint density at radius 2 is 2.15 bits per heavy atom. The first-order valence-corrected chi connectivity index (χ1v) is 11.8. The number of nitrogens with one attached hydrogen (secondary N) is 1. The molecule has 0 saturated heterocycles. The molecule has 184 valence electrons. The van der Waals surface area contributed by atoms with Crippen LogP contribution < -0.4 is 10.1 Å². The third-order valence-corrected chi connectivity index (χ3v) is 6.40. The molecule has 0 unspecified atom stereocenters. The molecule has 11 heteroatoms. The number of likely N-dealkylation sites (N-methyl/N-ethyl adjacent to an activating group) is 1. The summed E-state index contributed by atoms with van der Waals surface area (Å²) in [5, 5.41) is 23.3. The molecule has 3 atom stereocenters. The molecule has 1 aliphatic carbocycles. The average molecular weight is 472 g/mol. The maximum absolute atomic E-state index is 13.5. The normalized spacial score (nSPS) is 21.4. The number of amides is 2. The fraction of sp³-hybridized carbons (Fsp3) is 0.609. The Kier molecular flexibility index (Phi) is 7.42. The van der Waals surface area contributed by atoms with Gasteiger partial charge in [0.25, 0.3) is 5.91 Å². The number of tetrazole rings is 1. The Hall–Kier alpha value is -3.05. The standard InChI is InChI=1S/C23H33N7O4/c1-15-9-30(16(2)13-31)23(33)19-8-18(25-22(32)12-29-14-24-26-27-29)6-7-20(19)34-21(15)11-28(3)10-17-4-5-17/h6-8,14-17,21,31H,4-5,9-13H2,1-3H3,(H,25,32)/t15-,16+,21-/m1/s1. The van der Waals surface area contributed by atoms with Crippen molar-refractivity contribution in [2.75, 3.05) is 38.6 Å². The van der Waals surface area contributed by atoms with Crippen LogP contribution in [0.5, 0.6) is 5.75 Å². The van der Waals surface area contributed by atoms with Gasteiger partial charge in [0.1, 0.15) is 24.7 Å². The summed E-state index contributed by atoms with van der Waals surface area (Å²) in [6.07, 6.45) is 3.80. The van der Waals surface area contributed by atoms with Gasteiger partial charge in [0.05, 0.1) is 18.2 Å². The first kappa shape index (κ1) is 24.1. The van der Waals surface area contributed by atoms with Crippen LogP contribution in [0.4, 0.5) is 5.69 Å². The Labute approximate surface area is 199 Å². The van der Waals surface area contributed by atoms with E-state index in [1.165, 1.54) is 23.9 Å². The second-order valence-electron chi connectivity index (χ2n) is 9.55. The highest BCUT2D eigenvalue weighted by Crippen LogP contribution is 2.32. The largest absolute Gasteiger partial charge is 0.488 e. The third kappa shape index (κ3) is 5.89. The molecule has 1 aliphatic heterocycles. The number of ether oxygens (including phenoxy) is 1. The van der Waals surface area contributed by atoms with Crippen LogP contribution >= 0.6 is 0 Å². The predicted octanol–water partition coefficient (Wildman–Crippen LogP) is 0.874. The molecule has 2 aliphatic rings. The summed E-state index contributed by atoms with van der Waals surface area (Å²) in [6, 6.07) is 4.74. The number of carbonyl (C=O) groups excluding carboxylic acids is 2. The van der Waals surface area contributed by atoms with E-state index in [4.69, 9.17) is 4.74 Å². The number of benzene rings is 1. The van der Waals surface area contributed by atoms with E-state index in [1.807, 2.05) is 6.92 Å². The van der Waals surface area contributed by atoms with E-state index in [0.29, 0.717) is 23.5 Å². The zero-order valence-corrected chi connectivity index (χ0v) is 19.9. The molecule has 0 spiro atoms. The summed E-state index contributed by atoms with van der Waals surface area (Å²) >= 11 is 0. The van der Waals surface area contributed by atoms with Crippen molar-refractivity contribution >= 4 is 17.5 Å². The zero-order chi connectivity index (χ0) is 24.2. The van der Waals surface area contributed by atoms with Crippen LogP contribution in [0.3, 0.4) is 0 Å². The number of hydrogen-bond donors (Lipinski definition) is 2. The van der Waals surface area contributed by atoms with E-state index in [1.54, 1.807) is 23.1 Å². The van der Waals surface area contributed by atoms with Gasteiger partial charge in [0.15, 0.2) is 0 Å². The van der Waals surface area contributed by atoms with Gasteiger partial charge in [-0.2, -0.15) is 0 Å². The Bertz CT molecular complexity index is 995. The predicted molar refractivity (Wildman–Crippen MR) is 124 cm³/mol. The van der Waals surface area contributed by atoms with Crippen LogP contribution in [0.2, 0.25) is 0 Å². The number of aromatic nitrogens is 4. The summed E-state index contributed by atoms with van der Waals surface area (Å²) < 4.78 is 7.72. The number of rotatable bonds is 9. The molecular formula is C23H33N7O4. The lowest BCUT2D eigenvalue weighted by Gasteiger charge is -2.38. The summed E-state index contributed by atoms with van der Waals surface area (Å²) in [5.74, 6) is 0.775. The van der Waals surface area contributed by atoms with Gasteiger partial charge in [-0.05, 0) is 61.4 Å². The molecular weight excluding hydrogens is 438 g/mol. The Morgan fingerprint density at radius 3 is 2.82 bits per heavy atom. The number of fused-ring (bicyclic) bond motifs is 1. The average Bonchev–Trinajstić information content (AvgIpc) is 3.47. The molecule has 34 heavy (non-hydrogen) atoms. The zero-order valence-electron chi connectivity index (χ0n) is 19.9. The number of nitrogens with zero attached hydrogens (tertiary/aromatic N) is 6. The fourth-order valence-corrected chi connectivity index (χ4v) is 4.24. The van der Waals surface area contributed by atoms with Gasteiger partial charge >= 0.3 is 0 Å². The molecule has 4 rings (SSSR count). The molecule has 2 aromatic rings. The van der Waals surface area contributed by atoms with E-state index in [9.17, 15) is 14.7 Å². The van der Waals surface area contributed by atoms with E-state index >= 15 is 0 Å². The minimum Gasteiger partial charge on any atom is -0.488 e. The van der Waals surface area contributed by atoms with Crippen LogP contribution in [0.1, 0.15) is 37.0 Å². The molecule has 1 aromatic heterocycles. The van der Waals surface area contributed by atoms with E-state index < -0.39 is 0 Å². The first-order chi connectivity index (χ1) is 16.3. The summed E-state index contributed by atoms with van der Waals surface area (Å²) in [4.78, 5) is 29.9. The molecule has 2 N–H and O–H groups in total. The van der Waals surface area contributed by atoms with Crippen molar-refractivity contribution in [1.29, 1.82) is 0 Å². The third-order valence-electron chi connectivity index (χ3n) is 6.40. The smallest absolute Gasteiger partial charge is 0.258 e. The minimum absolute atomic E-state index is 0.0465. The lowest BCUT2D eigenvalue weighted by molar-refractivity contribution is -0.116. The second-order valence-corrected chi connectivity index (χ2v) is 9.55. The van der Waals surface area contributed by atoms with Crippen molar-refractivity contribution in [3.8, 4) is 5.75 Å². The van der Waals surface area contributed by atoms with E-state index in [0.717, 1.165) is 19.0 Å². The van der Waals surface area contributed by atoms with Crippen LogP contribution in [-0.2, 0) is 11.3 Å². The second kappa shape index (κ2) is 10.5. The SMILES string of the molecule is C[C@@H]1CN([C@@H](C)CO)C(=O)c2cc(NC(=O)Cn3cnnn3)ccc2O[C@@H]1CN(C)CC1CC1. The molecule has 2 heterocycles. The molecule has 0 bridgehead atoms. The minimum atomic E-state index is -0.344. The molecule has 2 amide bonds. The monoisotopic (exact) mass is 471 g/mol. The fourth-order valence-electron chi connectivity index (χ4n) is 4.24. The molecule has 1 fully saturated rings. The number of carbonyl (C=O) groups is 2. The van der Waals surface area contributed by atoms with E-state index in [2.05, 4.69) is 39.7 Å². The van der Waals surface area contributed by atoms with Crippen molar-refractivity contribution in [3.63, 3.8) is 0 Å². The van der Waals surface area contributed by atoms with Crippen molar-refractivity contribution in [2.45, 2.75) is 45.4 Å². The Morgan fingerprint density at radius 1 is 1.35 bits per heavy atom. The molecule has 0 radical (unpaired) electrons. The quantitative estimate of drug-likeness (QED) is 0.552. The van der Waals surface area contributed by atoms with E-state index in [-0.39, 0.29) is 43.0 Å². The highest BCUT2D eigenvalue weighted by Gasteiger charge is 2.34. The summed E-state index contributed by atoms with van der Waals surface area (Å²) in [5.41, 5.74) is 0.837. The highest BCUT2D eigenvalue weighted by molar-refractivity contribution is 5.99. The lowest BCUT2D eigenvalue weighted by atomic mass is 9.99. The Balaban J connectivity index is 1.57. The van der Waals surface area contributed by atoms with Crippen LogP contribution in [-0.4, -0.2) is 92.4 Å². The van der Waals surface area contributed by atoms with Crippen molar-refractivity contribution < 1.29 is 19.4 Å². The van der Waals surface area contributed by atoms with Gasteiger partial charge in [-0.15, -0.1) is 5.10 Å². The van der Waals surface area contributed by atoms with Crippen LogP contribution in [0.25, 0.3) is 0 Å². The topological polar surface area (TPSA) is 126 Å². The van der Waals surface area contributed by atoms with Gasteiger partial charge in [0.2, 0.25) is 5.91 Å². The molecule has 1 saturated carbocycles. The maximum atomic E-state index is 13.5. The number of aliphatic hydroxyl groups excluding tert-OH is 1. The number of anilines is 1. The lowest BCUT2D eigenvalue weighted by Crippen LogP contribution is -2.50. The van der Waals surface area contributed by atoms with Crippen molar-refractivity contribution in [3.05, 3.63) is 30.1 Å². The maximum Gasteiger partial charge on any atom is 0.258 e. The molecule has 11 nitrogen and oxygen atoms in total. The van der Waals surface area contributed by atoms with Gasteiger partial charge in [0, 0.05) is 31.2 Å². The summed E-state index contributed by atoms with van der Waals surface area (Å²) in [6.45, 7) is 5.99. The van der Waals surface area contributed by atoms with Gasteiger partial charge in [-0.3, -0.25) is 9.59 Å². The summed E-state index contributed by atoms with van der Waals surface area (Å²) in [7, 11) is 2.11. The highest BCUT2D eigenvalue weighted by atomic mass is 16.5. The number of hydrogen-bond acceptors (Lipinski definition) is 8. The van der Waals surface area contributed by atoms with Gasteiger partial charge in [-0.1, -0.05) is 6.92 Å². The first-order valence-electron chi connectivity index (χ1n) is 11.8. The van der Waals surface area contributed by atoms with Crippen LogP contribution in [0, 0.1) is 11.8 Å². The van der Waals surface area contributed by atoms with Crippen molar-refractivity contribution in [2.24, 2.45) is 11.8 Å².